The lowest BCUT2D eigenvalue weighted by atomic mass is 10.1. The third-order valence-electron chi connectivity index (χ3n) is 3.10. The van der Waals surface area contributed by atoms with Crippen molar-refractivity contribution in [2.75, 3.05) is 14.2 Å². The first kappa shape index (κ1) is 16.2. The first-order valence-corrected chi connectivity index (χ1v) is 6.64. The molecule has 8 nitrogen and oxygen atoms in total. The number of pyridine rings is 1. The number of carbonyl (C=O) groups is 1. The number of amides is 1. The predicted octanol–water partition coefficient (Wildman–Crippen LogP) is 1.94. The van der Waals surface area contributed by atoms with Gasteiger partial charge in [-0.3, -0.25) is 14.9 Å². The largest absolute Gasteiger partial charge is 0.490 e. The van der Waals surface area contributed by atoms with Gasteiger partial charge in [0.2, 0.25) is 5.88 Å². The van der Waals surface area contributed by atoms with Crippen LogP contribution in [0.25, 0.3) is 0 Å². The number of benzene rings is 1. The van der Waals surface area contributed by atoms with Crippen molar-refractivity contribution >= 4 is 11.6 Å². The topological polar surface area (TPSA) is 104 Å². The van der Waals surface area contributed by atoms with Crippen molar-refractivity contribution in [3.05, 3.63) is 57.8 Å². The van der Waals surface area contributed by atoms with Crippen LogP contribution >= 0.6 is 0 Å². The van der Waals surface area contributed by atoms with Gasteiger partial charge in [0, 0.05) is 30.4 Å². The van der Waals surface area contributed by atoms with Crippen molar-refractivity contribution in [1.82, 2.24) is 10.3 Å². The van der Waals surface area contributed by atoms with Gasteiger partial charge < -0.3 is 14.8 Å². The van der Waals surface area contributed by atoms with Gasteiger partial charge in [-0.05, 0) is 23.8 Å². The van der Waals surface area contributed by atoms with Crippen molar-refractivity contribution in [1.29, 1.82) is 0 Å². The van der Waals surface area contributed by atoms with E-state index in [2.05, 4.69) is 10.3 Å². The molecular formula is C15H15N3O5. The Morgan fingerprint density at radius 2 is 2.04 bits per heavy atom. The number of methoxy groups -OCH3 is 2. The molecule has 0 atom stereocenters. The number of hydrogen-bond donors (Lipinski definition) is 1. The lowest BCUT2D eigenvalue weighted by Crippen LogP contribution is -2.22. The summed E-state index contributed by atoms with van der Waals surface area (Å²) in [6, 6.07) is 7.47. The van der Waals surface area contributed by atoms with Gasteiger partial charge in [-0.1, -0.05) is 0 Å². The highest BCUT2D eigenvalue weighted by molar-refractivity contribution is 5.95. The molecule has 1 aromatic carbocycles. The van der Waals surface area contributed by atoms with E-state index in [0.29, 0.717) is 5.88 Å². The van der Waals surface area contributed by atoms with Crippen LogP contribution in [0.15, 0.2) is 36.5 Å². The number of ether oxygens (including phenoxy) is 2. The summed E-state index contributed by atoms with van der Waals surface area (Å²) in [7, 11) is 2.83. The SMILES string of the molecule is COc1cc(CNC(=O)c2ccc(OC)c([N+](=O)[O-])c2)ccn1. The molecule has 0 unspecified atom stereocenters. The van der Waals surface area contributed by atoms with E-state index in [1.807, 2.05) is 0 Å². The third-order valence-corrected chi connectivity index (χ3v) is 3.10. The molecule has 0 saturated heterocycles. The van der Waals surface area contributed by atoms with Gasteiger partial charge in [0.1, 0.15) is 0 Å². The Bertz CT molecular complexity index is 733. The van der Waals surface area contributed by atoms with Crippen LogP contribution < -0.4 is 14.8 Å². The van der Waals surface area contributed by atoms with Gasteiger partial charge in [0.25, 0.3) is 5.91 Å². The Hall–Kier alpha value is -3.16. The zero-order chi connectivity index (χ0) is 16.8. The molecule has 0 spiro atoms. The minimum atomic E-state index is -0.594. The fourth-order valence-corrected chi connectivity index (χ4v) is 1.93. The van der Waals surface area contributed by atoms with Gasteiger partial charge in [-0.25, -0.2) is 4.98 Å². The summed E-state index contributed by atoms with van der Waals surface area (Å²) in [4.78, 5) is 26.5. The quantitative estimate of drug-likeness (QED) is 0.645. The molecule has 1 heterocycles. The van der Waals surface area contributed by atoms with E-state index in [9.17, 15) is 14.9 Å². The smallest absolute Gasteiger partial charge is 0.311 e. The predicted molar refractivity (Wildman–Crippen MR) is 81.6 cm³/mol. The van der Waals surface area contributed by atoms with Crippen LogP contribution in [0, 0.1) is 10.1 Å². The van der Waals surface area contributed by atoms with Crippen LogP contribution in [0.1, 0.15) is 15.9 Å². The summed E-state index contributed by atoms with van der Waals surface area (Å²) in [6.07, 6.45) is 1.57. The molecule has 2 aromatic rings. The number of carbonyl (C=O) groups excluding carboxylic acids is 1. The molecule has 0 radical (unpaired) electrons. The van der Waals surface area contributed by atoms with Gasteiger partial charge in [-0.2, -0.15) is 0 Å². The van der Waals surface area contributed by atoms with Gasteiger partial charge in [0.15, 0.2) is 5.75 Å². The molecule has 1 N–H and O–H groups in total. The van der Waals surface area contributed by atoms with E-state index in [-0.39, 0.29) is 23.5 Å². The van der Waals surface area contributed by atoms with Gasteiger partial charge in [0.05, 0.1) is 19.1 Å². The number of rotatable bonds is 6. The summed E-state index contributed by atoms with van der Waals surface area (Å²) < 4.78 is 9.90. The summed E-state index contributed by atoms with van der Waals surface area (Å²) in [5.41, 5.74) is 0.720. The van der Waals surface area contributed by atoms with Crippen LogP contribution in [0.4, 0.5) is 5.69 Å². The molecule has 1 aromatic heterocycles. The van der Waals surface area contributed by atoms with E-state index in [0.717, 1.165) is 5.56 Å². The van der Waals surface area contributed by atoms with E-state index >= 15 is 0 Å². The lowest BCUT2D eigenvalue weighted by molar-refractivity contribution is -0.385. The zero-order valence-electron chi connectivity index (χ0n) is 12.6. The Labute approximate surface area is 132 Å². The molecule has 1 amide bonds. The molecule has 120 valence electrons. The second-order valence-electron chi connectivity index (χ2n) is 4.53. The van der Waals surface area contributed by atoms with E-state index in [4.69, 9.17) is 9.47 Å². The molecular weight excluding hydrogens is 302 g/mol. The highest BCUT2D eigenvalue weighted by Gasteiger charge is 2.18. The molecule has 23 heavy (non-hydrogen) atoms. The molecule has 8 heteroatoms. The van der Waals surface area contributed by atoms with Crippen molar-refractivity contribution in [3.63, 3.8) is 0 Å². The van der Waals surface area contributed by atoms with E-state index < -0.39 is 10.8 Å². The number of nitro benzene ring substituents is 1. The summed E-state index contributed by atoms with van der Waals surface area (Å²) in [5.74, 6) is 0.119. The number of nitrogens with one attached hydrogen (secondary N) is 1. The number of aromatic nitrogens is 1. The average Bonchev–Trinajstić information content (AvgIpc) is 2.59. The normalized spacial score (nSPS) is 10.0. The standard InChI is InChI=1S/C15H15N3O5/c1-22-13-4-3-11(8-12(13)18(20)21)15(19)17-9-10-5-6-16-14(7-10)23-2/h3-8H,9H2,1-2H3,(H,17,19). The van der Waals surface area contributed by atoms with Crippen molar-refractivity contribution in [2.24, 2.45) is 0 Å². The minimum Gasteiger partial charge on any atom is -0.490 e. The molecule has 0 aliphatic heterocycles. The Kier molecular flexibility index (Phi) is 5.08. The number of hydrogen-bond acceptors (Lipinski definition) is 6. The second-order valence-corrected chi connectivity index (χ2v) is 4.53. The van der Waals surface area contributed by atoms with Crippen molar-refractivity contribution < 1.29 is 19.2 Å². The number of nitrogens with zero attached hydrogens (tertiary/aromatic N) is 2. The molecule has 2 rings (SSSR count). The molecule has 0 saturated carbocycles. The highest BCUT2D eigenvalue weighted by atomic mass is 16.6. The van der Waals surface area contributed by atoms with E-state index in [1.165, 1.54) is 32.4 Å². The van der Waals surface area contributed by atoms with Crippen LogP contribution in [0.2, 0.25) is 0 Å². The second kappa shape index (κ2) is 7.21. The van der Waals surface area contributed by atoms with Crippen LogP contribution in [0.3, 0.4) is 0 Å². The first-order chi connectivity index (χ1) is 11.0. The maximum absolute atomic E-state index is 12.1. The Morgan fingerprint density at radius 1 is 1.26 bits per heavy atom. The average molecular weight is 317 g/mol. The maximum atomic E-state index is 12.1. The van der Waals surface area contributed by atoms with Crippen LogP contribution in [-0.4, -0.2) is 30.0 Å². The summed E-state index contributed by atoms with van der Waals surface area (Å²) in [6.45, 7) is 0.248. The first-order valence-electron chi connectivity index (χ1n) is 6.64. The van der Waals surface area contributed by atoms with Crippen LogP contribution in [0.5, 0.6) is 11.6 Å². The van der Waals surface area contributed by atoms with Gasteiger partial charge in [-0.15, -0.1) is 0 Å². The fourth-order valence-electron chi connectivity index (χ4n) is 1.93. The summed E-state index contributed by atoms with van der Waals surface area (Å²) >= 11 is 0. The van der Waals surface area contributed by atoms with Crippen LogP contribution in [-0.2, 0) is 6.54 Å². The Morgan fingerprint density at radius 3 is 2.70 bits per heavy atom. The minimum absolute atomic E-state index is 0.102. The number of nitro groups is 1. The fraction of sp³-hybridized carbons (Fsp3) is 0.200. The van der Waals surface area contributed by atoms with Gasteiger partial charge >= 0.3 is 5.69 Å². The molecule has 0 aliphatic rings. The molecule has 0 aliphatic carbocycles. The van der Waals surface area contributed by atoms with Crippen molar-refractivity contribution in [2.45, 2.75) is 6.54 Å². The van der Waals surface area contributed by atoms with Crippen molar-refractivity contribution in [3.8, 4) is 11.6 Å². The zero-order valence-corrected chi connectivity index (χ0v) is 12.6. The van der Waals surface area contributed by atoms with E-state index in [1.54, 1.807) is 18.3 Å². The Balaban J connectivity index is 2.11. The highest BCUT2D eigenvalue weighted by Crippen LogP contribution is 2.27. The molecule has 0 fully saturated rings. The third kappa shape index (κ3) is 3.94. The summed E-state index contributed by atoms with van der Waals surface area (Å²) in [5, 5.41) is 13.7. The monoisotopic (exact) mass is 317 g/mol. The molecule has 0 bridgehead atoms. The lowest BCUT2D eigenvalue weighted by Gasteiger charge is -2.07. The maximum Gasteiger partial charge on any atom is 0.311 e.